The van der Waals surface area contributed by atoms with E-state index in [4.69, 9.17) is 5.73 Å². The zero-order valence-electron chi connectivity index (χ0n) is 15.8. The van der Waals surface area contributed by atoms with Gasteiger partial charge in [-0.3, -0.25) is 14.4 Å². The van der Waals surface area contributed by atoms with Crippen LogP contribution in [0, 0.1) is 29.3 Å². The molecule has 0 spiro atoms. The number of piperidine rings is 1. The van der Waals surface area contributed by atoms with Crippen molar-refractivity contribution in [1.82, 2.24) is 10.2 Å². The number of benzene rings is 1. The normalized spacial score (nSPS) is 16.2. The third kappa shape index (κ3) is 5.09. The van der Waals surface area contributed by atoms with E-state index >= 15 is 0 Å². The Morgan fingerprint density at radius 2 is 1.68 bits per heavy atom. The molecule has 0 aromatic heterocycles. The Bertz CT molecular complexity index is 739. The largest absolute Gasteiger partial charge is 0.346 e. The minimum absolute atomic E-state index is 0.0656. The van der Waals surface area contributed by atoms with Crippen LogP contribution in [-0.2, 0) is 9.59 Å². The highest BCUT2D eigenvalue weighted by Gasteiger charge is 2.31. The molecule has 0 aliphatic carbocycles. The van der Waals surface area contributed by atoms with Crippen molar-refractivity contribution >= 4 is 17.6 Å². The first-order chi connectivity index (χ1) is 13.1. The molecule has 1 heterocycles. The number of amides is 2. The zero-order valence-corrected chi connectivity index (χ0v) is 15.8. The monoisotopic (exact) mass is 399 g/mol. The molecule has 1 saturated heterocycles. The Morgan fingerprint density at radius 1 is 1.14 bits per heavy atom. The number of nitrogens with two attached hydrogens (primary N) is 1. The van der Waals surface area contributed by atoms with E-state index in [0.29, 0.717) is 12.1 Å². The van der Waals surface area contributed by atoms with Gasteiger partial charge in [0, 0.05) is 31.1 Å². The van der Waals surface area contributed by atoms with E-state index in [1.165, 1.54) is 4.90 Å². The number of nitrogens with zero attached hydrogens (tertiary/aromatic N) is 1. The standard InChI is InChI=1S/C19H24F3N3O3/c1-10(2)17(23)19(28)24-9-15(26)25-5-3-11(4-6-25)18(27)16-13(21)7-12(20)8-14(16)22/h7-8,10-11,17H,3-6,9,23H2,1-2H3,(H,24,28)/t17-/m0/s1. The number of likely N-dealkylation sites (tertiary alicyclic amines) is 1. The molecule has 1 fully saturated rings. The highest BCUT2D eigenvalue weighted by atomic mass is 19.1. The fourth-order valence-electron chi connectivity index (χ4n) is 3.07. The molecule has 1 aromatic carbocycles. The summed E-state index contributed by atoms with van der Waals surface area (Å²) in [5.41, 5.74) is 4.96. The van der Waals surface area contributed by atoms with E-state index in [-0.39, 0.29) is 44.3 Å². The summed E-state index contributed by atoms with van der Waals surface area (Å²) in [6.07, 6.45) is 0.445. The van der Waals surface area contributed by atoms with Crippen LogP contribution in [0.1, 0.15) is 37.0 Å². The van der Waals surface area contributed by atoms with Gasteiger partial charge < -0.3 is 16.0 Å². The molecule has 3 N–H and O–H groups in total. The summed E-state index contributed by atoms with van der Waals surface area (Å²) >= 11 is 0. The Balaban J connectivity index is 1.89. The fraction of sp³-hybridized carbons (Fsp3) is 0.526. The highest BCUT2D eigenvalue weighted by Crippen LogP contribution is 2.25. The van der Waals surface area contributed by atoms with Gasteiger partial charge in [0.1, 0.15) is 17.5 Å². The predicted molar refractivity (Wildman–Crippen MR) is 95.8 cm³/mol. The lowest BCUT2D eigenvalue weighted by Gasteiger charge is -2.31. The minimum atomic E-state index is -1.23. The molecule has 0 bridgehead atoms. The highest BCUT2D eigenvalue weighted by molar-refractivity contribution is 5.98. The van der Waals surface area contributed by atoms with Crippen LogP contribution in [0.3, 0.4) is 0 Å². The molecule has 1 aliphatic heterocycles. The average Bonchev–Trinajstić information content (AvgIpc) is 2.64. The minimum Gasteiger partial charge on any atom is -0.346 e. The second-order valence-electron chi connectivity index (χ2n) is 7.25. The second kappa shape index (κ2) is 9.18. The number of carbonyl (C=O) groups excluding carboxylic acids is 3. The molecule has 1 atom stereocenters. The second-order valence-corrected chi connectivity index (χ2v) is 7.25. The smallest absolute Gasteiger partial charge is 0.241 e. The van der Waals surface area contributed by atoms with Crippen LogP contribution >= 0.6 is 0 Å². The van der Waals surface area contributed by atoms with E-state index in [1.54, 1.807) is 13.8 Å². The summed E-state index contributed by atoms with van der Waals surface area (Å²) < 4.78 is 40.6. The van der Waals surface area contributed by atoms with E-state index in [0.717, 1.165) is 0 Å². The first-order valence-electron chi connectivity index (χ1n) is 9.11. The van der Waals surface area contributed by atoms with Gasteiger partial charge in [0.15, 0.2) is 5.78 Å². The first-order valence-corrected chi connectivity index (χ1v) is 9.11. The molecule has 1 aliphatic rings. The van der Waals surface area contributed by atoms with Crippen LogP contribution < -0.4 is 11.1 Å². The molecule has 0 radical (unpaired) electrons. The van der Waals surface area contributed by atoms with Crippen LogP contribution in [0.5, 0.6) is 0 Å². The van der Waals surface area contributed by atoms with Crippen LogP contribution in [0.2, 0.25) is 0 Å². The van der Waals surface area contributed by atoms with Crippen LogP contribution in [-0.4, -0.2) is 48.2 Å². The predicted octanol–water partition coefficient (Wildman–Crippen LogP) is 1.62. The maximum Gasteiger partial charge on any atom is 0.241 e. The number of hydrogen-bond acceptors (Lipinski definition) is 4. The lowest BCUT2D eigenvalue weighted by molar-refractivity contribution is -0.134. The third-order valence-electron chi connectivity index (χ3n) is 4.91. The molecule has 154 valence electrons. The van der Waals surface area contributed by atoms with Gasteiger partial charge >= 0.3 is 0 Å². The summed E-state index contributed by atoms with van der Waals surface area (Å²) in [6, 6.07) is 0.232. The summed E-state index contributed by atoms with van der Waals surface area (Å²) in [7, 11) is 0. The maximum absolute atomic E-state index is 13.8. The van der Waals surface area contributed by atoms with Crippen LogP contribution in [0.4, 0.5) is 13.2 Å². The van der Waals surface area contributed by atoms with Crippen LogP contribution in [0.25, 0.3) is 0 Å². The van der Waals surface area contributed by atoms with E-state index in [2.05, 4.69) is 5.32 Å². The zero-order chi connectivity index (χ0) is 21.0. The van der Waals surface area contributed by atoms with Crippen LogP contribution in [0.15, 0.2) is 12.1 Å². The topological polar surface area (TPSA) is 92.5 Å². The van der Waals surface area contributed by atoms with Crippen molar-refractivity contribution in [3.8, 4) is 0 Å². The maximum atomic E-state index is 13.8. The Labute approximate surface area is 161 Å². The van der Waals surface area contributed by atoms with Gasteiger partial charge in [0.2, 0.25) is 11.8 Å². The average molecular weight is 399 g/mol. The number of carbonyl (C=O) groups is 3. The molecule has 2 rings (SSSR count). The van der Waals surface area contributed by atoms with Gasteiger partial charge in [-0.15, -0.1) is 0 Å². The summed E-state index contributed by atoms with van der Waals surface area (Å²) in [6.45, 7) is 3.80. The van der Waals surface area contributed by atoms with E-state index in [9.17, 15) is 27.6 Å². The number of rotatable bonds is 6. The molecule has 2 amide bonds. The Kier molecular flexibility index (Phi) is 7.17. The number of Topliss-reactive ketones (excluding diaryl/α,β-unsaturated/α-hetero) is 1. The SMILES string of the molecule is CC(C)[C@H](N)C(=O)NCC(=O)N1CCC(C(=O)c2c(F)cc(F)cc2F)CC1. The van der Waals surface area contributed by atoms with Crippen molar-refractivity contribution in [3.63, 3.8) is 0 Å². The molecule has 28 heavy (non-hydrogen) atoms. The molecule has 0 unspecified atom stereocenters. The fourth-order valence-corrected chi connectivity index (χ4v) is 3.07. The molecule has 9 heteroatoms. The molecular formula is C19H24F3N3O3. The number of nitrogens with one attached hydrogen (secondary N) is 1. The molecule has 1 aromatic rings. The van der Waals surface area contributed by atoms with Crippen molar-refractivity contribution < 1.29 is 27.6 Å². The Hall–Kier alpha value is -2.42. The van der Waals surface area contributed by atoms with E-state index < -0.39 is 46.7 Å². The van der Waals surface area contributed by atoms with Crippen molar-refractivity contribution in [2.24, 2.45) is 17.6 Å². The summed E-state index contributed by atoms with van der Waals surface area (Å²) in [5.74, 6) is -5.77. The quantitative estimate of drug-likeness (QED) is 0.711. The number of ketones is 1. The van der Waals surface area contributed by atoms with E-state index in [1.807, 2.05) is 0 Å². The van der Waals surface area contributed by atoms with Gasteiger partial charge in [-0.1, -0.05) is 13.8 Å². The number of halogens is 3. The first kappa shape index (κ1) is 21.9. The van der Waals surface area contributed by atoms with Gasteiger partial charge in [-0.25, -0.2) is 13.2 Å². The molecular weight excluding hydrogens is 375 g/mol. The van der Waals surface area contributed by atoms with Crippen molar-refractivity contribution in [2.75, 3.05) is 19.6 Å². The summed E-state index contributed by atoms with van der Waals surface area (Å²) in [4.78, 5) is 37.9. The lowest BCUT2D eigenvalue weighted by Crippen LogP contribution is -2.49. The molecule has 6 nitrogen and oxygen atoms in total. The van der Waals surface area contributed by atoms with Gasteiger partial charge in [0.05, 0.1) is 18.2 Å². The van der Waals surface area contributed by atoms with Gasteiger partial charge in [0.25, 0.3) is 0 Å². The van der Waals surface area contributed by atoms with Gasteiger partial charge in [-0.05, 0) is 18.8 Å². The summed E-state index contributed by atoms with van der Waals surface area (Å²) in [5, 5.41) is 2.48. The van der Waals surface area contributed by atoms with Crippen molar-refractivity contribution in [2.45, 2.75) is 32.7 Å². The Morgan fingerprint density at radius 3 is 2.18 bits per heavy atom. The molecule has 0 saturated carbocycles. The van der Waals surface area contributed by atoms with Crippen molar-refractivity contribution in [3.05, 3.63) is 35.1 Å². The van der Waals surface area contributed by atoms with Gasteiger partial charge in [-0.2, -0.15) is 0 Å². The van der Waals surface area contributed by atoms with Crippen molar-refractivity contribution in [1.29, 1.82) is 0 Å². The lowest BCUT2D eigenvalue weighted by atomic mass is 9.88. The number of hydrogen-bond donors (Lipinski definition) is 2. The third-order valence-corrected chi connectivity index (χ3v) is 4.91.